The predicted octanol–water partition coefficient (Wildman–Crippen LogP) is 8.45. The van der Waals surface area contributed by atoms with E-state index in [4.69, 9.17) is 17.0 Å². The van der Waals surface area contributed by atoms with Gasteiger partial charge in [0.2, 0.25) is 0 Å². The van der Waals surface area contributed by atoms with Gasteiger partial charge < -0.3 is 0 Å². The van der Waals surface area contributed by atoms with E-state index >= 15 is 0 Å². The molecular formula is C24H29Cl2Zr. The van der Waals surface area contributed by atoms with Crippen LogP contribution in [0, 0.1) is 5.92 Å². The van der Waals surface area contributed by atoms with Crippen LogP contribution in [0.25, 0.3) is 17.2 Å². The van der Waals surface area contributed by atoms with Gasteiger partial charge in [-0.1, -0.05) is 0 Å². The molecule has 27 heavy (non-hydrogen) atoms. The molecule has 0 aliphatic heterocycles. The number of rotatable bonds is 6. The summed E-state index contributed by atoms with van der Waals surface area (Å²) >= 11 is -2.49. The standard InChI is InChI=1S/C24H29.2ClH.Zr/c1-6-17(5)20-14-19-12-13-21(16(3)4)24(23(19)15-20)22-11-9-8-10-18(22)7-2;;;/h8-17H,6-7H2,1-5H3;2*1H;/q;;;+2/p-2. The Labute approximate surface area is 179 Å². The fourth-order valence-corrected chi connectivity index (χ4v) is 9.85. The van der Waals surface area contributed by atoms with E-state index in [9.17, 15) is 0 Å². The first-order valence-corrected chi connectivity index (χ1v) is 17.8. The van der Waals surface area contributed by atoms with E-state index in [1.165, 1.54) is 39.0 Å². The van der Waals surface area contributed by atoms with Gasteiger partial charge in [0.25, 0.3) is 0 Å². The predicted molar refractivity (Wildman–Crippen MR) is 117 cm³/mol. The molecule has 0 spiro atoms. The number of aryl methyl sites for hydroxylation is 1. The van der Waals surface area contributed by atoms with Crippen LogP contribution in [0.4, 0.5) is 0 Å². The molecule has 0 aromatic heterocycles. The molecule has 2 unspecified atom stereocenters. The Kier molecular flexibility index (Phi) is 7.10. The Morgan fingerprint density at radius 2 is 1.70 bits per heavy atom. The van der Waals surface area contributed by atoms with Crippen molar-refractivity contribution in [3.8, 4) is 11.1 Å². The number of halogens is 2. The molecule has 2 atom stereocenters. The average molecular weight is 480 g/mol. The van der Waals surface area contributed by atoms with Crippen LogP contribution in [0.5, 0.6) is 0 Å². The number of hydrogen-bond acceptors (Lipinski definition) is 0. The zero-order chi connectivity index (χ0) is 19.7. The minimum atomic E-state index is -2.49. The van der Waals surface area contributed by atoms with Crippen molar-refractivity contribution in [3.63, 3.8) is 0 Å². The fraction of sp³-hybridized carbons (Fsp3) is 0.417. The molecule has 0 heterocycles. The summed E-state index contributed by atoms with van der Waals surface area (Å²) in [6.45, 7) is 11.4. The quantitative estimate of drug-likeness (QED) is 0.390. The molecule has 1 aliphatic carbocycles. The van der Waals surface area contributed by atoms with Gasteiger partial charge in [0.05, 0.1) is 0 Å². The van der Waals surface area contributed by atoms with Crippen LogP contribution in [-0.2, 0) is 25.8 Å². The number of allylic oxidation sites excluding steroid dienone is 1. The van der Waals surface area contributed by atoms with Crippen LogP contribution in [-0.4, -0.2) is 0 Å². The van der Waals surface area contributed by atoms with E-state index in [-0.39, 0.29) is 3.63 Å². The third-order valence-electron chi connectivity index (χ3n) is 5.96. The molecule has 0 fully saturated rings. The van der Waals surface area contributed by atoms with Gasteiger partial charge in [-0.05, 0) is 0 Å². The molecule has 0 N–H and O–H groups in total. The molecule has 0 bridgehead atoms. The summed E-state index contributed by atoms with van der Waals surface area (Å²) in [6, 6.07) is 13.5. The van der Waals surface area contributed by atoms with Crippen molar-refractivity contribution in [2.75, 3.05) is 0 Å². The molecule has 2 aromatic rings. The summed E-state index contributed by atoms with van der Waals surface area (Å²) in [5.74, 6) is 0.993. The monoisotopic (exact) mass is 477 g/mol. The first-order valence-electron chi connectivity index (χ1n) is 10.0. The Balaban J connectivity index is 2.33. The van der Waals surface area contributed by atoms with Crippen LogP contribution in [0.15, 0.2) is 42.0 Å². The zero-order valence-electron chi connectivity index (χ0n) is 16.9. The van der Waals surface area contributed by atoms with Gasteiger partial charge in [0, 0.05) is 0 Å². The van der Waals surface area contributed by atoms with Crippen molar-refractivity contribution in [1.29, 1.82) is 0 Å². The van der Waals surface area contributed by atoms with Gasteiger partial charge >= 0.3 is 181 Å². The SMILES string of the molecule is CCc1ccccc1-c1c(C(C)C)ccc2c1C=C(C(C)CC)[CH]2[Zr]([Cl])[Cl]. The molecule has 2 aromatic carbocycles. The number of benzene rings is 2. The van der Waals surface area contributed by atoms with E-state index in [0.29, 0.717) is 11.8 Å². The summed E-state index contributed by atoms with van der Waals surface area (Å²) in [7, 11) is 13.4. The van der Waals surface area contributed by atoms with Gasteiger partial charge in [0.1, 0.15) is 0 Å². The van der Waals surface area contributed by atoms with Crippen molar-refractivity contribution in [2.24, 2.45) is 5.92 Å². The summed E-state index contributed by atoms with van der Waals surface area (Å²) < 4.78 is 0.287. The Morgan fingerprint density at radius 1 is 1.00 bits per heavy atom. The molecule has 3 rings (SSSR count). The normalized spacial score (nSPS) is 17.0. The van der Waals surface area contributed by atoms with Gasteiger partial charge in [-0.3, -0.25) is 0 Å². The minimum absolute atomic E-state index is 0.287. The van der Waals surface area contributed by atoms with Gasteiger partial charge in [-0.15, -0.1) is 0 Å². The second-order valence-electron chi connectivity index (χ2n) is 7.87. The van der Waals surface area contributed by atoms with Gasteiger partial charge in [-0.25, -0.2) is 0 Å². The molecule has 0 nitrogen and oxygen atoms in total. The summed E-state index contributed by atoms with van der Waals surface area (Å²) in [6.07, 6.45) is 4.60. The zero-order valence-corrected chi connectivity index (χ0v) is 20.9. The van der Waals surface area contributed by atoms with Crippen molar-refractivity contribution in [3.05, 3.63) is 64.2 Å². The van der Waals surface area contributed by atoms with E-state index in [1.807, 2.05) is 0 Å². The molecule has 3 heteroatoms. The van der Waals surface area contributed by atoms with E-state index < -0.39 is 19.4 Å². The maximum absolute atomic E-state index is 6.69. The summed E-state index contributed by atoms with van der Waals surface area (Å²) in [5.41, 5.74) is 9.81. The third-order valence-corrected chi connectivity index (χ3v) is 11.2. The van der Waals surface area contributed by atoms with Crippen molar-refractivity contribution in [2.45, 2.75) is 57.0 Å². The molecule has 1 aliphatic rings. The molecule has 143 valence electrons. The van der Waals surface area contributed by atoms with Crippen molar-refractivity contribution in [1.82, 2.24) is 0 Å². The molecule has 0 radical (unpaired) electrons. The molecular weight excluding hydrogens is 450 g/mol. The first kappa shape index (κ1) is 21.4. The van der Waals surface area contributed by atoms with E-state index in [0.717, 1.165) is 12.8 Å². The van der Waals surface area contributed by atoms with Gasteiger partial charge in [-0.2, -0.15) is 0 Å². The van der Waals surface area contributed by atoms with Crippen LogP contribution >= 0.6 is 17.0 Å². The maximum atomic E-state index is 6.69. The second-order valence-corrected chi connectivity index (χ2v) is 16.7. The van der Waals surface area contributed by atoms with Crippen molar-refractivity contribution < 1.29 is 19.4 Å². The molecule has 0 saturated heterocycles. The Morgan fingerprint density at radius 3 is 2.30 bits per heavy atom. The van der Waals surface area contributed by atoms with E-state index in [2.05, 4.69) is 77.1 Å². The number of hydrogen-bond donors (Lipinski definition) is 0. The Bertz CT molecular complexity index is 851. The summed E-state index contributed by atoms with van der Waals surface area (Å²) in [4.78, 5) is 0. The topological polar surface area (TPSA) is 0 Å². The van der Waals surface area contributed by atoms with Crippen LogP contribution in [0.1, 0.15) is 72.8 Å². The number of fused-ring (bicyclic) bond motifs is 1. The summed E-state index contributed by atoms with van der Waals surface area (Å²) in [5, 5.41) is 0. The average Bonchev–Trinajstić information content (AvgIpc) is 3.06. The third kappa shape index (κ3) is 4.03. The van der Waals surface area contributed by atoms with Crippen LogP contribution < -0.4 is 0 Å². The Hall–Kier alpha value is -0.357. The molecule has 0 saturated carbocycles. The fourth-order valence-electron chi connectivity index (χ4n) is 4.25. The first-order chi connectivity index (χ1) is 12.9. The second kappa shape index (κ2) is 8.98. The molecule has 0 amide bonds. The van der Waals surface area contributed by atoms with E-state index in [1.54, 1.807) is 0 Å². The van der Waals surface area contributed by atoms with Crippen LogP contribution in [0.2, 0.25) is 0 Å². The van der Waals surface area contributed by atoms with Gasteiger partial charge in [0.15, 0.2) is 0 Å². The van der Waals surface area contributed by atoms with Crippen molar-refractivity contribution >= 4 is 23.1 Å². The van der Waals surface area contributed by atoms with Crippen LogP contribution in [0.3, 0.4) is 0 Å².